The molecule has 1 aromatic carbocycles. The van der Waals surface area contributed by atoms with Gasteiger partial charge in [0.2, 0.25) is 10.0 Å². The second-order valence-electron chi connectivity index (χ2n) is 4.81. The van der Waals surface area contributed by atoms with Crippen LogP contribution in [0.3, 0.4) is 0 Å². The minimum absolute atomic E-state index is 0.0442. The number of rotatable bonds is 5. The summed E-state index contributed by atoms with van der Waals surface area (Å²) in [6, 6.07) is 7.74. The predicted octanol–water partition coefficient (Wildman–Crippen LogP) is 1.30. The Morgan fingerprint density at radius 3 is 2.55 bits per heavy atom. The van der Waals surface area contributed by atoms with E-state index in [4.69, 9.17) is 5.26 Å². The van der Waals surface area contributed by atoms with Crippen LogP contribution in [0.5, 0.6) is 0 Å². The first-order chi connectivity index (χ1) is 9.23. The lowest BCUT2D eigenvalue weighted by molar-refractivity contribution is 0.0596. The van der Waals surface area contributed by atoms with Crippen molar-refractivity contribution in [1.29, 1.82) is 5.26 Å². The number of carbonyl (C=O) groups excluding carboxylic acids is 1. The van der Waals surface area contributed by atoms with Crippen molar-refractivity contribution in [3.63, 3.8) is 0 Å². The molecule has 0 spiro atoms. The molecule has 0 aliphatic rings. The lowest BCUT2D eigenvalue weighted by Crippen LogP contribution is -2.34. The van der Waals surface area contributed by atoms with Crippen LogP contribution in [0.15, 0.2) is 29.2 Å². The van der Waals surface area contributed by atoms with E-state index in [9.17, 15) is 13.2 Å². The van der Waals surface area contributed by atoms with Crippen LogP contribution in [-0.2, 0) is 14.8 Å². The zero-order chi connectivity index (χ0) is 15.4. The van der Waals surface area contributed by atoms with Gasteiger partial charge in [-0.1, -0.05) is 12.1 Å². The van der Waals surface area contributed by atoms with Gasteiger partial charge in [-0.05, 0) is 26.0 Å². The molecule has 7 heteroatoms. The Morgan fingerprint density at radius 2 is 2.00 bits per heavy atom. The summed E-state index contributed by atoms with van der Waals surface area (Å²) in [4.78, 5) is 11.4. The first-order valence-corrected chi connectivity index (χ1v) is 7.30. The Labute approximate surface area is 118 Å². The molecule has 0 bridgehead atoms. The van der Waals surface area contributed by atoms with Gasteiger partial charge < -0.3 is 4.74 Å². The number of esters is 1. The average molecular weight is 296 g/mol. The maximum atomic E-state index is 12.2. The van der Waals surface area contributed by atoms with E-state index in [0.717, 1.165) is 0 Å². The van der Waals surface area contributed by atoms with Gasteiger partial charge in [0.15, 0.2) is 0 Å². The van der Waals surface area contributed by atoms with Crippen LogP contribution in [0, 0.1) is 16.7 Å². The summed E-state index contributed by atoms with van der Waals surface area (Å²) in [6.45, 7) is 3.17. The first kappa shape index (κ1) is 16.1. The Balaban J connectivity index is 3.12. The highest BCUT2D eigenvalue weighted by atomic mass is 32.2. The highest BCUT2D eigenvalue weighted by molar-refractivity contribution is 7.89. The summed E-state index contributed by atoms with van der Waals surface area (Å²) in [5.41, 5.74) is -0.884. The van der Waals surface area contributed by atoms with Crippen molar-refractivity contribution in [2.75, 3.05) is 13.7 Å². The average Bonchev–Trinajstić information content (AvgIpc) is 2.44. The van der Waals surface area contributed by atoms with Crippen LogP contribution in [0.1, 0.15) is 24.2 Å². The van der Waals surface area contributed by atoms with E-state index < -0.39 is 21.4 Å². The zero-order valence-electron chi connectivity index (χ0n) is 11.5. The molecule has 1 N–H and O–H groups in total. The molecule has 0 unspecified atom stereocenters. The van der Waals surface area contributed by atoms with Gasteiger partial charge in [0, 0.05) is 6.54 Å². The highest BCUT2D eigenvalue weighted by Crippen LogP contribution is 2.18. The molecule has 0 heterocycles. The number of hydrogen-bond donors (Lipinski definition) is 1. The summed E-state index contributed by atoms with van der Waals surface area (Å²) < 4.78 is 31.3. The van der Waals surface area contributed by atoms with E-state index in [2.05, 4.69) is 9.46 Å². The molecule has 0 atom stereocenters. The third kappa shape index (κ3) is 3.79. The molecule has 0 saturated heterocycles. The Bertz CT molecular complexity index is 645. The lowest BCUT2D eigenvalue weighted by Gasteiger charge is -2.16. The molecule has 20 heavy (non-hydrogen) atoms. The summed E-state index contributed by atoms with van der Waals surface area (Å²) in [5.74, 6) is -0.731. The molecule has 6 nitrogen and oxygen atoms in total. The Hall–Kier alpha value is -1.91. The van der Waals surface area contributed by atoms with Gasteiger partial charge in [-0.25, -0.2) is 17.9 Å². The maximum Gasteiger partial charge on any atom is 0.339 e. The predicted molar refractivity (Wildman–Crippen MR) is 72.4 cm³/mol. The molecule has 0 aliphatic carbocycles. The topological polar surface area (TPSA) is 96.3 Å². The van der Waals surface area contributed by atoms with Gasteiger partial charge in [-0.15, -0.1) is 0 Å². The van der Waals surface area contributed by atoms with E-state index in [1.54, 1.807) is 19.9 Å². The van der Waals surface area contributed by atoms with Crippen molar-refractivity contribution in [2.45, 2.75) is 18.7 Å². The Morgan fingerprint density at radius 1 is 1.40 bits per heavy atom. The van der Waals surface area contributed by atoms with Crippen LogP contribution < -0.4 is 4.72 Å². The standard InChI is InChI=1S/C13H16N2O4S/c1-13(2,8-14)9-15-20(17,18)11-7-5-4-6-10(11)12(16)19-3/h4-7,15H,9H2,1-3H3. The monoisotopic (exact) mass is 296 g/mol. The SMILES string of the molecule is COC(=O)c1ccccc1S(=O)(=O)NCC(C)(C)C#N. The molecule has 0 fully saturated rings. The number of ether oxygens (including phenoxy) is 1. The van der Waals surface area contributed by atoms with Gasteiger partial charge >= 0.3 is 5.97 Å². The quantitative estimate of drug-likeness (QED) is 0.826. The summed E-state index contributed by atoms with van der Waals surface area (Å²) in [7, 11) is -2.71. The van der Waals surface area contributed by atoms with Gasteiger partial charge in [0.05, 0.1) is 29.1 Å². The molecule has 1 aromatic rings. The summed E-state index contributed by atoms with van der Waals surface area (Å²) >= 11 is 0. The van der Waals surface area contributed by atoms with Crippen molar-refractivity contribution in [3.05, 3.63) is 29.8 Å². The second kappa shape index (κ2) is 6.03. The normalized spacial score (nSPS) is 11.7. The van der Waals surface area contributed by atoms with E-state index in [-0.39, 0.29) is 17.0 Å². The Kier molecular flexibility index (Phi) is 4.87. The van der Waals surface area contributed by atoms with Gasteiger partial charge in [0.25, 0.3) is 0 Å². The molecule has 0 amide bonds. The fourth-order valence-electron chi connectivity index (χ4n) is 1.37. The maximum absolute atomic E-state index is 12.2. The minimum Gasteiger partial charge on any atom is -0.465 e. The third-order valence-electron chi connectivity index (χ3n) is 2.59. The fourth-order valence-corrected chi connectivity index (χ4v) is 2.78. The first-order valence-electron chi connectivity index (χ1n) is 5.82. The van der Waals surface area contributed by atoms with Crippen LogP contribution in [0.25, 0.3) is 0 Å². The second-order valence-corrected chi connectivity index (χ2v) is 6.54. The van der Waals surface area contributed by atoms with E-state index in [1.807, 2.05) is 6.07 Å². The van der Waals surface area contributed by atoms with E-state index in [0.29, 0.717) is 0 Å². The summed E-state index contributed by atoms with van der Waals surface area (Å²) in [5, 5.41) is 8.88. The van der Waals surface area contributed by atoms with Crippen LogP contribution in [0.2, 0.25) is 0 Å². The number of carbonyl (C=O) groups is 1. The lowest BCUT2D eigenvalue weighted by atomic mass is 9.97. The molecule has 0 saturated carbocycles. The minimum atomic E-state index is -3.89. The van der Waals surface area contributed by atoms with Crippen LogP contribution >= 0.6 is 0 Å². The molecule has 0 radical (unpaired) electrons. The fraction of sp³-hybridized carbons (Fsp3) is 0.385. The number of sulfonamides is 1. The molecule has 0 aliphatic heterocycles. The van der Waals surface area contributed by atoms with Crippen molar-refractivity contribution < 1.29 is 17.9 Å². The van der Waals surface area contributed by atoms with Gasteiger partial charge in [0.1, 0.15) is 0 Å². The largest absolute Gasteiger partial charge is 0.465 e. The molecule has 1 rings (SSSR count). The number of nitrogens with one attached hydrogen (secondary N) is 1. The van der Waals surface area contributed by atoms with Gasteiger partial charge in [-0.2, -0.15) is 5.26 Å². The van der Waals surface area contributed by atoms with Crippen LogP contribution in [-0.4, -0.2) is 28.0 Å². The molecular formula is C13H16N2O4S. The number of methoxy groups -OCH3 is 1. The molecule has 108 valence electrons. The zero-order valence-corrected chi connectivity index (χ0v) is 12.3. The number of nitriles is 1. The van der Waals surface area contributed by atoms with E-state index in [1.165, 1.54) is 25.3 Å². The number of nitrogens with zero attached hydrogens (tertiary/aromatic N) is 1. The highest BCUT2D eigenvalue weighted by Gasteiger charge is 2.25. The molecular weight excluding hydrogens is 280 g/mol. The summed E-state index contributed by atoms with van der Waals surface area (Å²) in [6.07, 6.45) is 0. The van der Waals surface area contributed by atoms with Crippen molar-refractivity contribution in [2.24, 2.45) is 5.41 Å². The van der Waals surface area contributed by atoms with E-state index >= 15 is 0 Å². The van der Waals surface area contributed by atoms with Crippen molar-refractivity contribution >= 4 is 16.0 Å². The van der Waals surface area contributed by atoms with Crippen molar-refractivity contribution in [1.82, 2.24) is 4.72 Å². The third-order valence-corrected chi connectivity index (χ3v) is 4.05. The van der Waals surface area contributed by atoms with Crippen molar-refractivity contribution in [3.8, 4) is 6.07 Å². The number of hydrogen-bond acceptors (Lipinski definition) is 5. The smallest absolute Gasteiger partial charge is 0.339 e. The molecule has 0 aromatic heterocycles. The van der Waals surface area contributed by atoms with Crippen LogP contribution in [0.4, 0.5) is 0 Å². The van der Waals surface area contributed by atoms with Gasteiger partial charge in [-0.3, -0.25) is 0 Å². The number of benzene rings is 1.